The molecule has 0 bridgehead atoms. The molecule has 1 aromatic carbocycles. The van der Waals surface area contributed by atoms with Gasteiger partial charge in [-0.3, -0.25) is 14.0 Å². The third kappa shape index (κ3) is 2.02. The predicted octanol–water partition coefficient (Wildman–Crippen LogP) is 1.09. The molecule has 1 amide bonds. The normalized spacial score (nSPS) is 26.9. The van der Waals surface area contributed by atoms with E-state index in [2.05, 4.69) is 10.3 Å². The molecule has 20 heavy (non-hydrogen) atoms. The Kier molecular flexibility index (Phi) is 3.08. The summed E-state index contributed by atoms with van der Waals surface area (Å²) < 4.78 is 25.7. The Labute approximate surface area is 117 Å². The molecule has 5 nitrogen and oxygen atoms in total. The van der Waals surface area contributed by atoms with Gasteiger partial charge in [-0.15, -0.1) is 0 Å². The molecule has 2 atom stereocenters. The summed E-state index contributed by atoms with van der Waals surface area (Å²) in [7, 11) is -1.13. The maximum atomic E-state index is 13.9. The molecule has 7 heteroatoms. The fourth-order valence-electron chi connectivity index (χ4n) is 2.46. The molecule has 1 aliphatic carbocycles. The standard InChI is InChI=1S/C13H14FN3O2S/c14-10-2-1-8(16-7-18)5-9(10)11-6-20(19)13(3-4-13)12(15)17-11/h1-2,5,7,11H,3-4,6H2,(H2,15,17)(H,16,18)/t11-,20?/m0/s1. The number of nitrogens with two attached hydrogens (primary N) is 1. The number of amides is 1. The highest BCUT2D eigenvalue weighted by molar-refractivity contribution is 7.87. The lowest BCUT2D eigenvalue weighted by Crippen LogP contribution is -2.41. The zero-order valence-corrected chi connectivity index (χ0v) is 11.5. The molecule has 1 heterocycles. The number of carbonyl (C=O) groups is 1. The highest BCUT2D eigenvalue weighted by atomic mass is 32.2. The number of anilines is 1. The first-order chi connectivity index (χ1) is 9.56. The number of rotatable bonds is 3. The smallest absolute Gasteiger partial charge is 0.211 e. The Hall–Kier alpha value is -1.76. The van der Waals surface area contributed by atoms with Gasteiger partial charge in [0.1, 0.15) is 16.4 Å². The molecule has 1 saturated carbocycles. The van der Waals surface area contributed by atoms with Crippen molar-refractivity contribution < 1.29 is 13.4 Å². The predicted molar refractivity (Wildman–Crippen MR) is 75.4 cm³/mol. The summed E-state index contributed by atoms with van der Waals surface area (Å²) in [6.45, 7) is 0. The molecule has 1 spiro atoms. The second-order valence-electron chi connectivity index (χ2n) is 5.04. The quantitative estimate of drug-likeness (QED) is 0.819. The molecule has 3 rings (SSSR count). The van der Waals surface area contributed by atoms with E-state index in [1.807, 2.05) is 0 Å². The third-order valence-electron chi connectivity index (χ3n) is 3.79. The van der Waals surface area contributed by atoms with E-state index < -0.39 is 27.4 Å². The van der Waals surface area contributed by atoms with Crippen LogP contribution in [0, 0.1) is 5.82 Å². The van der Waals surface area contributed by atoms with Crippen LogP contribution >= 0.6 is 0 Å². The van der Waals surface area contributed by atoms with Crippen molar-refractivity contribution in [2.24, 2.45) is 10.7 Å². The summed E-state index contributed by atoms with van der Waals surface area (Å²) >= 11 is 0. The van der Waals surface area contributed by atoms with E-state index in [9.17, 15) is 13.4 Å². The minimum atomic E-state index is -1.13. The Balaban J connectivity index is 1.97. The van der Waals surface area contributed by atoms with Crippen molar-refractivity contribution in [1.82, 2.24) is 0 Å². The first-order valence-electron chi connectivity index (χ1n) is 6.29. The van der Waals surface area contributed by atoms with Crippen LogP contribution in [0.5, 0.6) is 0 Å². The van der Waals surface area contributed by atoms with Gasteiger partial charge in [-0.25, -0.2) is 4.39 Å². The minimum absolute atomic E-state index is 0.266. The molecule has 1 fully saturated rings. The van der Waals surface area contributed by atoms with Gasteiger partial charge < -0.3 is 11.1 Å². The number of aliphatic imine (C=N–C) groups is 1. The Morgan fingerprint density at radius 3 is 2.85 bits per heavy atom. The van der Waals surface area contributed by atoms with Gasteiger partial charge in [-0.2, -0.15) is 0 Å². The van der Waals surface area contributed by atoms with Crippen LogP contribution in [0.25, 0.3) is 0 Å². The van der Waals surface area contributed by atoms with Crippen LogP contribution in [0.2, 0.25) is 0 Å². The largest absolute Gasteiger partial charge is 0.386 e. The van der Waals surface area contributed by atoms with Crippen molar-refractivity contribution >= 4 is 28.7 Å². The number of nitrogens with one attached hydrogen (secondary N) is 1. The molecule has 1 aliphatic heterocycles. The van der Waals surface area contributed by atoms with E-state index in [4.69, 9.17) is 5.73 Å². The first kappa shape index (κ1) is 13.2. The first-order valence-corrected chi connectivity index (χ1v) is 7.60. The molecule has 3 N–H and O–H groups in total. The van der Waals surface area contributed by atoms with Gasteiger partial charge in [0.15, 0.2) is 0 Å². The summed E-state index contributed by atoms with van der Waals surface area (Å²) in [5.41, 5.74) is 6.69. The third-order valence-corrected chi connectivity index (χ3v) is 5.90. The number of hydrogen-bond donors (Lipinski definition) is 2. The van der Waals surface area contributed by atoms with Gasteiger partial charge in [0.2, 0.25) is 6.41 Å². The number of nitrogens with zero attached hydrogens (tertiary/aromatic N) is 1. The SMILES string of the molecule is NC1=N[C@H](c2cc(NC=O)ccc2F)CS(=O)C12CC2. The maximum absolute atomic E-state index is 13.9. The van der Waals surface area contributed by atoms with Crippen molar-refractivity contribution in [2.75, 3.05) is 11.1 Å². The molecule has 106 valence electrons. The molecule has 1 unspecified atom stereocenters. The molecule has 0 radical (unpaired) electrons. The fourth-order valence-corrected chi connectivity index (χ4v) is 4.16. The summed E-state index contributed by atoms with van der Waals surface area (Å²) in [6, 6.07) is 3.67. The van der Waals surface area contributed by atoms with Crippen LogP contribution in [-0.4, -0.2) is 27.0 Å². The molecular weight excluding hydrogens is 281 g/mol. The summed E-state index contributed by atoms with van der Waals surface area (Å²) in [6.07, 6.45) is 2.10. The lowest BCUT2D eigenvalue weighted by Gasteiger charge is -2.25. The van der Waals surface area contributed by atoms with Crippen LogP contribution in [0.15, 0.2) is 23.2 Å². The molecular formula is C13H14FN3O2S. The minimum Gasteiger partial charge on any atom is -0.386 e. The number of hydrogen-bond acceptors (Lipinski definition) is 4. The average molecular weight is 295 g/mol. The van der Waals surface area contributed by atoms with E-state index in [1.165, 1.54) is 18.2 Å². The Bertz CT molecular complexity index is 628. The lowest BCUT2D eigenvalue weighted by molar-refractivity contribution is -0.105. The summed E-state index contributed by atoms with van der Waals surface area (Å²) in [5.74, 6) is 0.189. The summed E-state index contributed by atoms with van der Waals surface area (Å²) in [5, 5.41) is 2.46. The van der Waals surface area contributed by atoms with Crippen molar-refractivity contribution in [3.63, 3.8) is 0 Å². The van der Waals surface area contributed by atoms with Crippen molar-refractivity contribution in [1.29, 1.82) is 0 Å². The molecule has 2 aliphatic rings. The maximum Gasteiger partial charge on any atom is 0.211 e. The van der Waals surface area contributed by atoms with Crippen molar-refractivity contribution in [3.05, 3.63) is 29.6 Å². The molecule has 0 saturated heterocycles. The van der Waals surface area contributed by atoms with Crippen LogP contribution in [0.4, 0.5) is 10.1 Å². The van der Waals surface area contributed by atoms with Gasteiger partial charge in [0.25, 0.3) is 0 Å². The summed E-state index contributed by atoms with van der Waals surface area (Å²) in [4.78, 5) is 14.8. The van der Waals surface area contributed by atoms with Crippen LogP contribution in [-0.2, 0) is 15.6 Å². The number of benzene rings is 1. The monoisotopic (exact) mass is 295 g/mol. The zero-order valence-electron chi connectivity index (χ0n) is 10.6. The highest BCUT2D eigenvalue weighted by Crippen LogP contribution is 2.46. The second-order valence-corrected chi connectivity index (χ2v) is 6.84. The van der Waals surface area contributed by atoms with Gasteiger partial charge in [-0.1, -0.05) is 0 Å². The van der Waals surface area contributed by atoms with Gasteiger partial charge >= 0.3 is 0 Å². The van der Waals surface area contributed by atoms with Gasteiger partial charge in [-0.05, 0) is 31.0 Å². The van der Waals surface area contributed by atoms with E-state index in [0.717, 1.165) is 12.8 Å². The number of amidine groups is 1. The number of halogens is 1. The lowest BCUT2D eigenvalue weighted by atomic mass is 10.1. The topological polar surface area (TPSA) is 84.5 Å². The van der Waals surface area contributed by atoms with Crippen LogP contribution in [0.3, 0.4) is 0 Å². The van der Waals surface area contributed by atoms with E-state index in [0.29, 0.717) is 23.5 Å². The molecule has 1 aromatic rings. The van der Waals surface area contributed by atoms with E-state index in [-0.39, 0.29) is 5.75 Å². The Morgan fingerprint density at radius 2 is 2.25 bits per heavy atom. The molecule has 0 aromatic heterocycles. The van der Waals surface area contributed by atoms with Crippen LogP contribution in [0.1, 0.15) is 24.4 Å². The van der Waals surface area contributed by atoms with E-state index in [1.54, 1.807) is 0 Å². The number of carbonyl (C=O) groups excluding carboxylic acids is 1. The zero-order chi connectivity index (χ0) is 14.3. The van der Waals surface area contributed by atoms with Crippen LogP contribution < -0.4 is 11.1 Å². The Morgan fingerprint density at radius 1 is 1.50 bits per heavy atom. The van der Waals surface area contributed by atoms with Gasteiger partial charge in [0, 0.05) is 22.1 Å². The van der Waals surface area contributed by atoms with Crippen molar-refractivity contribution in [3.8, 4) is 0 Å². The van der Waals surface area contributed by atoms with E-state index >= 15 is 0 Å². The van der Waals surface area contributed by atoms with Crippen molar-refractivity contribution in [2.45, 2.75) is 23.6 Å². The fraction of sp³-hybridized carbons (Fsp3) is 0.385. The van der Waals surface area contributed by atoms with Gasteiger partial charge in [0.05, 0.1) is 11.8 Å². The highest BCUT2D eigenvalue weighted by Gasteiger charge is 2.55. The second kappa shape index (κ2) is 4.66. The average Bonchev–Trinajstić information content (AvgIpc) is 3.20.